The average molecular weight is 436 g/mol. The van der Waals surface area contributed by atoms with Gasteiger partial charge in [0.2, 0.25) is 5.91 Å². The van der Waals surface area contributed by atoms with Gasteiger partial charge >= 0.3 is 5.97 Å². The minimum atomic E-state index is -0.439. The Balaban J connectivity index is 1.69. The summed E-state index contributed by atoms with van der Waals surface area (Å²) in [6.45, 7) is 0. The molecule has 1 atom stereocenters. The predicted molar refractivity (Wildman–Crippen MR) is 118 cm³/mol. The molecule has 0 spiro atoms. The van der Waals surface area contributed by atoms with E-state index in [-0.39, 0.29) is 17.9 Å². The Hall–Kier alpha value is -3.39. The molecule has 0 radical (unpaired) electrons. The maximum Gasteiger partial charge on any atom is 0.337 e. The predicted octanol–water partition coefficient (Wildman–Crippen LogP) is 3.33. The van der Waals surface area contributed by atoms with E-state index in [1.165, 1.54) is 18.9 Å². The van der Waals surface area contributed by atoms with Crippen LogP contribution in [0.2, 0.25) is 0 Å². The number of thioether (sulfide) groups is 1. The molecule has 1 aromatic heterocycles. The number of benzene rings is 2. The van der Waals surface area contributed by atoms with Crippen molar-refractivity contribution in [3.05, 3.63) is 87.2 Å². The molecule has 0 bridgehead atoms. The highest BCUT2D eigenvalue weighted by Gasteiger charge is 2.32. The molecular weight excluding hydrogens is 414 g/mol. The largest absolute Gasteiger partial charge is 0.465 e. The highest BCUT2D eigenvalue weighted by atomic mass is 32.2. The third kappa shape index (κ3) is 4.25. The van der Waals surface area contributed by atoms with Gasteiger partial charge in [-0.15, -0.1) is 0 Å². The number of aromatic nitrogens is 2. The lowest BCUT2D eigenvalue weighted by Crippen LogP contribution is -2.33. The van der Waals surface area contributed by atoms with Crippen LogP contribution in [0, 0.1) is 0 Å². The fourth-order valence-corrected chi connectivity index (χ4v) is 4.56. The number of ether oxygens (including phenoxy) is 1. The van der Waals surface area contributed by atoms with Gasteiger partial charge in [0, 0.05) is 25.1 Å². The van der Waals surface area contributed by atoms with E-state index in [0.717, 1.165) is 11.1 Å². The SMILES string of the molecule is COC(=O)c1ccc(C2CC(=O)Nc3c2c(=O)nc(SCc2ccccc2)n3C)cc1. The summed E-state index contributed by atoms with van der Waals surface area (Å²) in [6.07, 6.45) is 0.137. The van der Waals surface area contributed by atoms with E-state index in [1.54, 1.807) is 35.9 Å². The van der Waals surface area contributed by atoms with E-state index in [0.29, 0.717) is 27.9 Å². The summed E-state index contributed by atoms with van der Waals surface area (Å²) in [4.78, 5) is 41.5. The molecule has 2 heterocycles. The van der Waals surface area contributed by atoms with Crippen LogP contribution in [0.15, 0.2) is 64.5 Å². The van der Waals surface area contributed by atoms with Crippen LogP contribution >= 0.6 is 11.8 Å². The van der Waals surface area contributed by atoms with E-state index in [4.69, 9.17) is 4.74 Å². The standard InChI is InChI=1S/C23H21N3O4S/c1-26-20-19(21(28)25-23(26)31-13-14-6-4-3-5-7-14)17(12-18(27)24-20)15-8-10-16(11-9-15)22(29)30-2/h3-11,17H,12-13H2,1-2H3,(H,24,27). The van der Waals surface area contributed by atoms with Gasteiger partial charge in [0.05, 0.1) is 18.2 Å². The van der Waals surface area contributed by atoms with Gasteiger partial charge in [0.25, 0.3) is 5.56 Å². The van der Waals surface area contributed by atoms with Crippen LogP contribution in [-0.2, 0) is 22.3 Å². The molecule has 31 heavy (non-hydrogen) atoms. The van der Waals surface area contributed by atoms with Crippen molar-refractivity contribution in [1.29, 1.82) is 0 Å². The van der Waals surface area contributed by atoms with Crippen molar-refractivity contribution in [2.24, 2.45) is 7.05 Å². The van der Waals surface area contributed by atoms with Gasteiger partial charge in [-0.3, -0.25) is 9.59 Å². The molecule has 1 N–H and O–H groups in total. The lowest BCUT2D eigenvalue weighted by molar-refractivity contribution is -0.116. The van der Waals surface area contributed by atoms with Crippen LogP contribution in [0.4, 0.5) is 5.82 Å². The maximum absolute atomic E-state index is 13.0. The summed E-state index contributed by atoms with van der Waals surface area (Å²) in [5.74, 6) is 0.0798. The highest BCUT2D eigenvalue weighted by molar-refractivity contribution is 7.98. The summed E-state index contributed by atoms with van der Waals surface area (Å²) in [7, 11) is 3.11. The van der Waals surface area contributed by atoms with E-state index < -0.39 is 11.9 Å². The van der Waals surface area contributed by atoms with E-state index >= 15 is 0 Å². The van der Waals surface area contributed by atoms with Gasteiger partial charge in [0.15, 0.2) is 5.16 Å². The maximum atomic E-state index is 13.0. The second-order valence-electron chi connectivity index (χ2n) is 7.21. The number of hydrogen-bond acceptors (Lipinski definition) is 6. The molecule has 1 aliphatic rings. The summed E-state index contributed by atoms with van der Waals surface area (Å²) < 4.78 is 6.49. The first kappa shape index (κ1) is 20.9. The number of methoxy groups -OCH3 is 1. The van der Waals surface area contributed by atoms with Crippen molar-refractivity contribution < 1.29 is 14.3 Å². The summed E-state index contributed by atoms with van der Waals surface area (Å²) >= 11 is 1.44. The average Bonchev–Trinajstić information content (AvgIpc) is 2.80. The lowest BCUT2D eigenvalue weighted by Gasteiger charge is -2.27. The van der Waals surface area contributed by atoms with Gasteiger partial charge in [-0.1, -0.05) is 54.2 Å². The third-order valence-electron chi connectivity index (χ3n) is 5.25. The molecule has 0 saturated carbocycles. The number of hydrogen-bond donors (Lipinski definition) is 1. The molecular formula is C23H21N3O4S. The van der Waals surface area contributed by atoms with E-state index in [1.807, 2.05) is 30.3 Å². The zero-order valence-corrected chi connectivity index (χ0v) is 17.9. The molecule has 4 rings (SSSR count). The van der Waals surface area contributed by atoms with Crippen LogP contribution in [0.25, 0.3) is 0 Å². The number of amides is 1. The number of nitrogens with one attached hydrogen (secondary N) is 1. The number of fused-ring (bicyclic) bond motifs is 1. The van der Waals surface area contributed by atoms with Gasteiger partial charge in [-0.2, -0.15) is 4.98 Å². The van der Waals surface area contributed by atoms with Crippen molar-refractivity contribution in [3.63, 3.8) is 0 Å². The van der Waals surface area contributed by atoms with Crippen LogP contribution in [-0.4, -0.2) is 28.5 Å². The summed E-state index contributed by atoms with van der Waals surface area (Å²) in [5, 5.41) is 3.38. The Bertz CT molecular complexity index is 1190. The van der Waals surface area contributed by atoms with Gasteiger partial charge < -0.3 is 14.6 Å². The molecule has 3 aromatic rings. The zero-order chi connectivity index (χ0) is 22.0. The second-order valence-corrected chi connectivity index (χ2v) is 8.16. The van der Waals surface area contributed by atoms with Gasteiger partial charge in [-0.25, -0.2) is 4.79 Å². The van der Waals surface area contributed by atoms with Gasteiger partial charge in [-0.05, 0) is 23.3 Å². The minimum absolute atomic E-state index is 0.137. The third-order valence-corrected chi connectivity index (χ3v) is 6.35. The Morgan fingerprint density at radius 1 is 1.16 bits per heavy atom. The van der Waals surface area contributed by atoms with Crippen molar-refractivity contribution >= 4 is 29.5 Å². The Morgan fingerprint density at radius 2 is 1.87 bits per heavy atom. The molecule has 0 fully saturated rings. The molecule has 7 nitrogen and oxygen atoms in total. The monoisotopic (exact) mass is 435 g/mol. The van der Waals surface area contributed by atoms with Crippen molar-refractivity contribution in [3.8, 4) is 0 Å². The number of carbonyl (C=O) groups excluding carboxylic acids is 2. The summed E-state index contributed by atoms with van der Waals surface area (Å²) in [6, 6.07) is 16.7. The first-order chi connectivity index (χ1) is 15.0. The Morgan fingerprint density at radius 3 is 2.55 bits per heavy atom. The quantitative estimate of drug-likeness (QED) is 0.376. The lowest BCUT2D eigenvalue weighted by atomic mass is 9.86. The van der Waals surface area contributed by atoms with Crippen molar-refractivity contribution in [2.75, 3.05) is 12.4 Å². The number of nitrogens with zero attached hydrogens (tertiary/aromatic N) is 2. The molecule has 1 amide bonds. The number of esters is 1. The van der Waals surface area contributed by atoms with Gasteiger partial charge in [0.1, 0.15) is 5.82 Å². The van der Waals surface area contributed by atoms with Crippen LogP contribution in [0.1, 0.15) is 39.4 Å². The minimum Gasteiger partial charge on any atom is -0.465 e. The fourth-order valence-electron chi connectivity index (χ4n) is 3.64. The second kappa shape index (κ2) is 8.77. The highest BCUT2D eigenvalue weighted by Crippen LogP contribution is 2.36. The van der Waals surface area contributed by atoms with Crippen LogP contribution in [0.5, 0.6) is 0 Å². The molecule has 0 saturated heterocycles. The molecule has 8 heteroatoms. The van der Waals surface area contributed by atoms with Crippen LogP contribution in [0.3, 0.4) is 0 Å². The molecule has 1 aliphatic heterocycles. The smallest absolute Gasteiger partial charge is 0.337 e. The number of carbonyl (C=O) groups is 2. The summed E-state index contributed by atoms with van der Waals surface area (Å²) in [5.41, 5.74) is 2.40. The van der Waals surface area contributed by atoms with Crippen molar-refractivity contribution in [1.82, 2.24) is 9.55 Å². The Kier molecular flexibility index (Phi) is 5.90. The number of rotatable bonds is 5. The first-order valence-corrected chi connectivity index (χ1v) is 10.7. The normalized spacial score (nSPS) is 15.2. The molecule has 158 valence electrons. The Labute approximate surface area is 183 Å². The van der Waals surface area contributed by atoms with Crippen LogP contribution < -0.4 is 10.9 Å². The molecule has 0 aliphatic carbocycles. The topological polar surface area (TPSA) is 90.3 Å². The molecule has 1 unspecified atom stereocenters. The zero-order valence-electron chi connectivity index (χ0n) is 17.1. The molecule has 2 aromatic carbocycles. The fraction of sp³-hybridized carbons (Fsp3) is 0.217. The first-order valence-electron chi connectivity index (χ1n) is 9.73. The van der Waals surface area contributed by atoms with E-state index in [9.17, 15) is 14.4 Å². The van der Waals surface area contributed by atoms with Crippen molar-refractivity contribution in [2.45, 2.75) is 23.2 Å². The van der Waals surface area contributed by atoms with E-state index in [2.05, 4.69) is 10.3 Å². The number of anilines is 1.